The smallest absolute Gasteiger partial charge is 0.200 e. The fourth-order valence-corrected chi connectivity index (χ4v) is 5.04. The Kier molecular flexibility index (Phi) is 2.50. The molecule has 97 valence electrons. The van der Waals surface area contributed by atoms with Crippen LogP contribution in [-0.2, 0) is 0 Å². The minimum absolute atomic E-state index is 0.484. The van der Waals surface area contributed by atoms with Gasteiger partial charge >= 0.3 is 12.3 Å². The molecule has 0 saturated heterocycles. The van der Waals surface area contributed by atoms with Gasteiger partial charge in [0, 0.05) is 6.42 Å². The van der Waals surface area contributed by atoms with Crippen LogP contribution in [0.15, 0.2) is 0 Å². The first-order chi connectivity index (χ1) is 7.89. The van der Waals surface area contributed by atoms with E-state index in [0.29, 0.717) is 17.8 Å². The molecule has 4 aliphatic carbocycles. The molecule has 1 radical (unpaired) electrons. The van der Waals surface area contributed by atoms with Gasteiger partial charge in [0.05, 0.1) is 0 Å². The average molecular weight is 249 g/mol. The lowest BCUT2D eigenvalue weighted by Gasteiger charge is -2.57. The highest BCUT2D eigenvalue weighted by molar-refractivity contribution is 5.04. The summed E-state index contributed by atoms with van der Waals surface area (Å²) in [7, 11) is 0. The largest absolute Gasteiger partial charge is 0.378 e. The van der Waals surface area contributed by atoms with E-state index in [9.17, 15) is 17.6 Å². The Morgan fingerprint density at radius 1 is 0.941 bits per heavy atom. The molecule has 4 aliphatic rings. The summed E-state index contributed by atoms with van der Waals surface area (Å²) < 4.78 is 51.1. The molecule has 17 heavy (non-hydrogen) atoms. The van der Waals surface area contributed by atoms with Crippen LogP contribution >= 0.6 is 0 Å². The molecule has 4 rings (SSSR count). The van der Waals surface area contributed by atoms with Gasteiger partial charge in [-0.2, -0.15) is 17.6 Å². The first-order valence-corrected chi connectivity index (χ1v) is 6.45. The van der Waals surface area contributed by atoms with Gasteiger partial charge < -0.3 is 0 Å². The lowest BCUT2D eigenvalue weighted by Crippen LogP contribution is -2.48. The molecule has 0 aromatic rings. The summed E-state index contributed by atoms with van der Waals surface area (Å²) in [5.74, 6) is -2.29. The highest BCUT2D eigenvalue weighted by atomic mass is 19.3. The molecule has 0 aliphatic heterocycles. The molecule has 0 heterocycles. The third kappa shape index (κ3) is 1.97. The van der Waals surface area contributed by atoms with Crippen LogP contribution in [0.2, 0.25) is 0 Å². The highest BCUT2D eigenvalue weighted by Gasteiger charge is 2.57. The molecule has 0 nitrogen and oxygen atoms in total. The molecule has 0 atom stereocenters. The zero-order valence-electron chi connectivity index (χ0n) is 9.69. The third-order valence-corrected chi connectivity index (χ3v) is 5.04. The molecule has 0 aromatic heterocycles. The van der Waals surface area contributed by atoms with E-state index >= 15 is 0 Å². The molecule has 4 saturated carbocycles. The fraction of sp³-hybridized carbons (Fsp3) is 0.923. The second-order valence-corrected chi connectivity index (χ2v) is 6.56. The second-order valence-electron chi connectivity index (χ2n) is 6.56. The number of halogens is 4. The summed E-state index contributed by atoms with van der Waals surface area (Å²) in [6.45, 7) is 0. The standard InChI is InChI=1S/C13H17F4/c14-11(15)13(16,17)7-12-4-8-1-9(5-12)3-10(2-8)6-12/h8-10H,1-7H2. The normalized spacial score (nSPS) is 44.6. The Balaban J connectivity index is 1.78. The zero-order valence-corrected chi connectivity index (χ0v) is 9.69. The van der Waals surface area contributed by atoms with Crippen molar-refractivity contribution in [1.29, 1.82) is 0 Å². The monoisotopic (exact) mass is 249 g/mol. The van der Waals surface area contributed by atoms with Crippen LogP contribution in [0.25, 0.3) is 0 Å². The molecule has 4 heteroatoms. The Morgan fingerprint density at radius 3 is 1.71 bits per heavy atom. The van der Waals surface area contributed by atoms with E-state index in [1.807, 2.05) is 0 Å². The SMILES string of the molecule is F[C](F)C(F)(F)CC12CC3CC(CC(C3)C1)C2. The van der Waals surface area contributed by atoms with Crippen molar-refractivity contribution < 1.29 is 17.6 Å². The summed E-state index contributed by atoms with van der Waals surface area (Å²) in [5.41, 5.74) is -0.484. The van der Waals surface area contributed by atoms with E-state index in [1.165, 1.54) is 0 Å². The minimum Gasteiger partial charge on any atom is -0.200 e. The van der Waals surface area contributed by atoms with Gasteiger partial charge in [0.25, 0.3) is 0 Å². The molecular weight excluding hydrogens is 232 g/mol. The molecule has 0 unspecified atom stereocenters. The van der Waals surface area contributed by atoms with Crippen LogP contribution in [0.4, 0.5) is 17.6 Å². The second kappa shape index (κ2) is 3.61. The quantitative estimate of drug-likeness (QED) is 0.638. The molecule has 0 N–H and O–H groups in total. The van der Waals surface area contributed by atoms with E-state index in [4.69, 9.17) is 0 Å². The van der Waals surface area contributed by atoms with Gasteiger partial charge in [0.2, 0.25) is 0 Å². The van der Waals surface area contributed by atoms with Crippen molar-refractivity contribution in [3.63, 3.8) is 0 Å². The van der Waals surface area contributed by atoms with E-state index in [-0.39, 0.29) is 0 Å². The lowest BCUT2D eigenvalue weighted by molar-refractivity contribution is -0.139. The molecule has 4 fully saturated rings. The van der Waals surface area contributed by atoms with Crippen molar-refractivity contribution in [2.75, 3.05) is 0 Å². The van der Waals surface area contributed by atoms with Gasteiger partial charge in [-0.05, 0) is 61.7 Å². The van der Waals surface area contributed by atoms with E-state index < -0.39 is 24.2 Å². The lowest BCUT2D eigenvalue weighted by atomic mass is 9.48. The van der Waals surface area contributed by atoms with Crippen molar-refractivity contribution in [3.05, 3.63) is 6.43 Å². The third-order valence-electron chi connectivity index (χ3n) is 5.04. The molecular formula is C13H17F4. The highest BCUT2D eigenvalue weighted by Crippen LogP contribution is 2.63. The van der Waals surface area contributed by atoms with E-state index in [0.717, 1.165) is 38.5 Å². The number of alkyl halides is 2. The Hall–Kier alpha value is -0.280. The van der Waals surface area contributed by atoms with Gasteiger partial charge in [0.1, 0.15) is 0 Å². The number of hydrogen-bond acceptors (Lipinski definition) is 0. The van der Waals surface area contributed by atoms with Crippen molar-refractivity contribution in [1.82, 2.24) is 0 Å². The van der Waals surface area contributed by atoms with Crippen molar-refractivity contribution in [2.45, 2.75) is 50.9 Å². The van der Waals surface area contributed by atoms with Crippen molar-refractivity contribution in [2.24, 2.45) is 23.2 Å². The van der Waals surface area contributed by atoms with Gasteiger partial charge in [-0.25, -0.2) is 0 Å². The van der Waals surface area contributed by atoms with Gasteiger partial charge in [-0.3, -0.25) is 0 Å². The number of rotatable bonds is 3. The summed E-state index contributed by atoms with van der Waals surface area (Å²) in [6.07, 6.45) is 2.37. The number of hydrogen-bond donors (Lipinski definition) is 0. The van der Waals surface area contributed by atoms with Gasteiger partial charge in [-0.15, -0.1) is 0 Å². The van der Waals surface area contributed by atoms with E-state index in [2.05, 4.69) is 0 Å². The van der Waals surface area contributed by atoms with Crippen molar-refractivity contribution >= 4 is 0 Å². The van der Waals surface area contributed by atoms with Crippen LogP contribution in [0.3, 0.4) is 0 Å². The first kappa shape index (κ1) is 11.8. The summed E-state index contributed by atoms with van der Waals surface area (Å²) in [4.78, 5) is 0. The van der Waals surface area contributed by atoms with Crippen LogP contribution in [0.1, 0.15) is 44.9 Å². The fourth-order valence-electron chi connectivity index (χ4n) is 5.04. The maximum absolute atomic E-state index is 13.3. The Bertz CT molecular complexity index is 275. The Morgan fingerprint density at radius 2 is 1.35 bits per heavy atom. The zero-order chi connectivity index (χ0) is 12.3. The maximum atomic E-state index is 13.3. The van der Waals surface area contributed by atoms with Crippen LogP contribution in [0, 0.1) is 29.6 Å². The summed E-state index contributed by atoms with van der Waals surface area (Å²) in [5, 5.41) is 0. The van der Waals surface area contributed by atoms with Crippen LogP contribution < -0.4 is 0 Å². The van der Waals surface area contributed by atoms with Gasteiger partial charge in [0.15, 0.2) is 0 Å². The van der Waals surface area contributed by atoms with Gasteiger partial charge in [-0.1, -0.05) is 0 Å². The summed E-state index contributed by atoms with van der Waals surface area (Å²) >= 11 is 0. The Labute approximate surface area is 98.8 Å². The predicted molar refractivity (Wildman–Crippen MR) is 55.6 cm³/mol. The first-order valence-electron chi connectivity index (χ1n) is 6.45. The molecule has 0 amide bonds. The molecule has 0 aromatic carbocycles. The predicted octanol–water partition coefficient (Wildman–Crippen LogP) is 4.66. The summed E-state index contributed by atoms with van der Waals surface area (Å²) in [6, 6.07) is 0. The average Bonchev–Trinajstić information content (AvgIpc) is 2.12. The molecule has 0 spiro atoms. The maximum Gasteiger partial charge on any atom is 0.378 e. The van der Waals surface area contributed by atoms with Crippen LogP contribution in [0.5, 0.6) is 0 Å². The topological polar surface area (TPSA) is 0 Å². The van der Waals surface area contributed by atoms with E-state index in [1.54, 1.807) is 0 Å². The van der Waals surface area contributed by atoms with Crippen LogP contribution in [-0.4, -0.2) is 5.92 Å². The minimum atomic E-state index is -3.87. The molecule has 4 bridgehead atoms. The van der Waals surface area contributed by atoms with Crippen molar-refractivity contribution in [3.8, 4) is 0 Å².